The van der Waals surface area contributed by atoms with Gasteiger partial charge in [0.25, 0.3) is 0 Å². The van der Waals surface area contributed by atoms with Crippen LogP contribution in [0.5, 0.6) is 11.8 Å². The van der Waals surface area contributed by atoms with Gasteiger partial charge in [-0.15, -0.1) is 0 Å². The van der Waals surface area contributed by atoms with E-state index in [0.29, 0.717) is 11.8 Å². The van der Waals surface area contributed by atoms with E-state index in [1.165, 1.54) is 5.56 Å². The third kappa shape index (κ3) is 3.66. The minimum Gasteiger partial charge on any atom is -0.494 e. The van der Waals surface area contributed by atoms with Crippen LogP contribution in [0.3, 0.4) is 0 Å². The van der Waals surface area contributed by atoms with Crippen molar-refractivity contribution in [2.24, 2.45) is 0 Å². The summed E-state index contributed by atoms with van der Waals surface area (Å²) >= 11 is 0. The summed E-state index contributed by atoms with van der Waals surface area (Å²) in [5.41, 5.74) is 1.27. The SMILES string of the molecule is COc1cnc(OC2CCN(Cc3ccncc3)C2)nc1. The molecule has 0 bridgehead atoms. The molecule has 0 saturated carbocycles. The van der Waals surface area contributed by atoms with Crippen LogP contribution < -0.4 is 9.47 Å². The van der Waals surface area contributed by atoms with Crippen molar-refractivity contribution in [3.8, 4) is 11.8 Å². The van der Waals surface area contributed by atoms with Gasteiger partial charge in [-0.25, -0.2) is 0 Å². The first-order valence-electron chi connectivity index (χ1n) is 6.97. The van der Waals surface area contributed by atoms with E-state index < -0.39 is 0 Å². The van der Waals surface area contributed by atoms with Crippen molar-refractivity contribution in [3.05, 3.63) is 42.5 Å². The van der Waals surface area contributed by atoms with Crippen LogP contribution in [0, 0.1) is 0 Å². The summed E-state index contributed by atoms with van der Waals surface area (Å²) in [5.74, 6) is 0.632. The monoisotopic (exact) mass is 286 g/mol. The third-order valence-corrected chi connectivity index (χ3v) is 3.50. The average Bonchev–Trinajstić information content (AvgIpc) is 2.96. The molecule has 110 valence electrons. The number of likely N-dealkylation sites (tertiary alicyclic amines) is 1. The highest BCUT2D eigenvalue weighted by atomic mass is 16.5. The summed E-state index contributed by atoms with van der Waals surface area (Å²) in [6, 6.07) is 4.49. The van der Waals surface area contributed by atoms with Gasteiger partial charge in [0, 0.05) is 32.0 Å². The molecule has 2 aromatic rings. The molecule has 1 unspecified atom stereocenters. The maximum atomic E-state index is 5.81. The van der Waals surface area contributed by atoms with E-state index in [1.54, 1.807) is 19.5 Å². The van der Waals surface area contributed by atoms with Crippen LogP contribution in [-0.4, -0.2) is 46.2 Å². The number of hydrogen-bond acceptors (Lipinski definition) is 6. The molecule has 6 heteroatoms. The van der Waals surface area contributed by atoms with E-state index in [4.69, 9.17) is 9.47 Å². The predicted molar refractivity (Wildman–Crippen MR) is 77.1 cm³/mol. The number of nitrogens with zero attached hydrogens (tertiary/aromatic N) is 4. The molecule has 1 fully saturated rings. The van der Waals surface area contributed by atoms with Gasteiger partial charge in [0.05, 0.1) is 19.5 Å². The van der Waals surface area contributed by atoms with Gasteiger partial charge in [-0.1, -0.05) is 0 Å². The van der Waals surface area contributed by atoms with Crippen molar-refractivity contribution < 1.29 is 9.47 Å². The van der Waals surface area contributed by atoms with Crippen molar-refractivity contribution in [2.45, 2.75) is 19.1 Å². The van der Waals surface area contributed by atoms with E-state index in [-0.39, 0.29) is 6.10 Å². The summed E-state index contributed by atoms with van der Waals surface area (Å²) in [7, 11) is 1.59. The number of pyridine rings is 1. The first kappa shape index (κ1) is 13.8. The summed E-state index contributed by atoms with van der Waals surface area (Å²) in [6.45, 7) is 2.83. The fourth-order valence-corrected chi connectivity index (χ4v) is 2.40. The Hall–Kier alpha value is -2.21. The van der Waals surface area contributed by atoms with Crippen LogP contribution >= 0.6 is 0 Å². The lowest BCUT2D eigenvalue weighted by Crippen LogP contribution is -2.25. The van der Waals surface area contributed by atoms with Crippen LogP contribution in [0.2, 0.25) is 0 Å². The van der Waals surface area contributed by atoms with Crippen molar-refractivity contribution in [2.75, 3.05) is 20.2 Å². The minimum atomic E-state index is 0.139. The smallest absolute Gasteiger partial charge is 0.316 e. The second-order valence-corrected chi connectivity index (χ2v) is 5.02. The molecule has 1 aliphatic rings. The number of aromatic nitrogens is 3. The fraction of sp³-hybridized carbons (Fsp3) is 0.400. The van der Waals surface area contributed by atoms with E-state index in [1.807, 2.05) is 24.5 Å². The van der Waals surface area contributed by atoms with Gasteiger partial charge >= 0.3 is 6.01 Å². The molecular formula is C15H18N4O2. The zero-order valence-corrected chi connectivity index (χ0v) is 12.0. The Bertz CT molecular complexity index is 562. The molecule has 1 saturated heterocycles. The molecule has 0 amide bonds. The molecule has 0 N–H and O–H groups in total. The minimum absolute atomic E-state index is 0.139. The fourth-order valence-electron chi connectivity index (χ4n) is 2.40. The van der Waals surface area contributed by atoms with E-state index in [2.05, 4.69) is 19.9 Å². The Morgan fingerprint density at radius 3 is 2.71 bits per heavy atom. The highest BCUT2D eigenvalue weighted by Gasteiger charge is 2.24. The van der Waals surface area contributed by atoms with E-state index in [9.17, 15) is 0 Å². The van der Waals surface area contributed by atoms with Gasteiger partial charge in [-0.2, -0.15) is 9.97 Å². The number of hydrogen-bond donors (Lipinski definition) is 0. The maximum Gasteiger partial charge on any atom is 0.316 e. The summed E-state index contributed by atoms with van der Waals surface area (Å²) in [5, 5.41) is 0. The van der Waals surface area contributed by atoms with Crippen LogP contribution in [0.25, 0.3) is 0 Å². The normalized spacial score (nSPS) is 18.6. The lowest BCUT2D eigenvalue weighted by atomic mass is 10.2. The molecule has 1 atom stereocenters. The molecule has 21 heavy (non-hydrogen) atoms. The summed E-state index contributed by atoms with van der Waals surface area (Å²) < 4.78 is 10.8. The molecule has 0 spiro atoms. The van der Waals surface area contributed by atoms with Gasteiger partial charge in [0.15, 0.2) is 5.75 Å². The Balaban J connectivity index is 1.52. The first-order chi connectivity index (χ1) is 10.3. The predicted octanol–water partition coefficient (Wildman–Crippen LogP) is 1.53. The molecule has 6 nitrogen and oxygen atoms in total. The van der Waals surface area contributed by atoms with Crippen molar-refractivity contribution >= 4 is 0 Å². The standard InChI is InChI=1S/C15H18N4O2/c1-20-14-8-17-15(18-9-14)21-13-4-7-19(11-13)10-12-2-5-16-6-3-12/h2-3,5-6,8-9,13H,4,7,10-11H2,1H3. The first-order valence-corrected chi connectivity index (χ1v) is 6.97. The van der Waals surface area contributed by atoms with E-state index in [0.717, 1.165) is 26.1 Å². The topological polar surface area (TPSA) is 60.4 Å². The molecule has 3 heterocycles. The summed E-state index contributed by atoms with van der Waals surface area (Å²) in [4.78, 5) is 14.7. The molecule has 0 radical (unpaired) electrons. The Morgan fingerprint density at radius 2 is 2.00 bits per heavy atom. The van der Waals surface area contributed by atoms with Crippen molar-refractivity contribution in [1.29, 1.82) is 0 Å². The Morgan fingerprint density at radius 1 is 1.24 bits per heavy atom. The zero-order valence-electron chi connectivity index (χ0n) is 12.0. The number of rotatable bonds is 5. The lowest BCUT2D eigenvalue weighted by molar-refractivity contribution is 0.183. The van der Waals surface area contributed by atoms with Gasteiger partial charge in [0.2, 0.25) is 0 Å². The van der Waals surface area contributed by atoms with Gasteiger partial charge in [0.1, 0.15) is 6.10 Å². The molecule has 3 rings (SSSR count). The van der Waals surface area contributed by atoms with Gasteiger partial charge in [-0.3, -0.25) is 9.88 Å². The van der Waals surface area contributed by atoms with Crippen LogP contribution in [0.4, 0.5) is 0 Å². The molecule has 2 aromatic heterocycles. The quantitative estimate of drug-likeness (QED) is 0.831. The van der Waals surface area contributed by atoms with Crippen molar-refractivity contribution in [3.63, 3.8) is 0 Å². The average molecular weight is 286 g/mol. The maximum absolute atomic E-state index is 5.81. The second kappa shape index (κ2) is 6.49. The van der Waals surface area contributed by atoms with Crippen LogP contribution in [0.15, 0.2) is 36.9 Å². The largest absolute Gasteiger partial charge is 0.494 e. The van der Waals surface area contributed by atoms with E-state index >= 15 is 0 Å². The van der Waals surface area contributed by atoms with Crippen LogP contribution in [0.1, 0.15) is 12.0 Å². The Kier molecular flexibility index (Phi) is 4.25. The number of methoxy groups -OCH3 is 1. The van der Waals surface area contributed by atoms with Crippen LogP contribution in [-0.2, 0) is 6.54 Å². The van der Waals surface area contributed by atoms with Gasteiger partial charge < -0.3 is 9.47 Å². The molecule has 0 aliphatic carbocycles. The number of ether oxygens (including phenoxy) is 2. The van der Waals surface area contributed by atoms with Gasteiger partial charge in [-0.05, 0) is 24.1 Å². The lowest BCUT2D eigenvalue weighted by Gasteiger charge is -2.16. The molecular weight excluding hydrogens is 268 g/mol. The van der Waals surface area contributed by atoms with Crippen molar-refractivity contribution in [1.82, 2.24) is 19.9 Å². The zero-order chi connectivity index (χ0) is 14.5. The highest BCUT2D eigenvalue weighted by molar-refractivity contribution is 5.14. The summed E-state index contributed by atoms with van der Waals surface area (Å²) in [6.07, 6.45) is 8.01. The molecule has 1 aliphatic heterocycles. The second-order valence-electron chi connectivity index (χ2n) is 5.02. The Labute approximate surface area is 123 Å². The molecule has 0 aromatic carbocycles. The highest BCUT2D eigenvalue weighted by Crippen LogP contribution is 2.18. The third-order valence-electron chi connectivity index (χ3n) is 3.50.